The number of aliphatic hydroxyl groups is 1. The summed E-state index contributed by atoms with van der Waals surface area (Å²) in [6.07, 6.45) is 0. The molecule has 1 rings (SSSR count). The van der Waals surface area contributed by atoms with Gasteiger partial charge in [0, 0.05) is 12.7 Å². The van der Waals surface area contributed by atoms with Gasteiger partial charge in [-0.2, -0.15) is 0 Å². The van der Waals surface area contributed by atoms with Gasteiger partial charge in [-0.25, -0.2) is 4.79 Å². The molecule has 98 valence electrons. The summed E-state index contributed by atoms with van der Waals surface area (Å²) in [5, 5.41) is 19.8. The van der Waals surface area contributed by atoms with Gasteiger partial charge in [0.15, 0.2) is 6.04 Å². The summed E-state index contributed by atoms with van der Waals surface area (Å²) in [7, 11) is 1.50. The Labute approximate surface area is 104 Å². The van der Waals surface area contributed by atoms with E-state index < -0.39 is 24.5 Å². The molecule has 1 atom stereocenters. The van der Waals surface area contributed by atoms with Crippen LogP contribution in [-0.2, 0) is 16.1 Å². The Balaban J connectivity index is 2.86. The topological polar surface area (TPSA) is 95.9 Å². The number of ether oxygens (including phenoxy) is 1. The maximum Gasteiger partial charge on any atom is 0.328 e. The van der Waals surface area contributed by atoms with Crippen LogP contribution in [0.15, 0.2) is 24.3 Å². The Hall–Kier alpha value is -1.92. The summed E-state index contributed by atoms with van der Waals surface area (Å²) in [6, 6.07) is 5.40. The van der Waals surface area contributed by atoms with Gasteiger partial charge in [-0.1, -0.05) is 18.2 Å². The van der Waals surface area contributed by atoms with Crippen molar-refractivity contribution in [3.05, 3.63) is 35.4 Å². The molecule has 0 saturated carbocycles. The van der Waals surface area contributed by atoms with Crippen molar-refractivity contribution < 1.29 is 24.5 Å². The monoisotopic (exact) mass is 253 g/mol. The molecule has 1 aromatic carbocycles. The average molecular weight is 253 g/mol. The minimum atomic E-state index is -1.31. The van der Waals surface area contributed by atoms with Crippen molar-refractivity contribution in [2.24, 2.45) is 0 Å². The fraction of sp³-hybridized carbons (Fsp3) is 0.333. The number of amides is 1. The first-order chi connectivity index (χ1) is 8.60. The number of aliphatic hydroxyl groups excluding tert-OH is 1. The zero-order valence-corrected chi connectivity index (χ0v) is 9.92. The number of methoxy groups -OCH3 is 1. The van der Waals surface area contributed by atoms with Crippen LogP contribution >= 0.6 is 0 Å². The van der Waals surface area contributed by atoms with E-state index >= 15 is 0 Å². The largest absolute Gasteiger partial charge is 0.480 e. The van der Waals surface area contributed by atoms with Gasteiger partial charge in [0.2, 0.25) is 0 Å². The number of hydrogen-bond acceptors (Lipinski definition) is 4. The fourth-order valence-electron chi connectivity index (χ4n) is 1.44. The van der Waals surface area contributed by atoms with E-state index in [9.17, 15) is 9.59 Å². The molecule has 3 N–H and O–H groups in total. The van der Waals surface area contributed by atoms with E-state index in [0.29, 0.717) is 11.1 Å². The maximum absolute atomic E-state index is 11.9. The highest BCUT2D eigenvalue weighted by molar-refractivity contribution is 5.97. The molecule has 18 heavy (non-hydrogen) atoms. The minimum Gasteiger partial charge on any atom is -0.480 e. The molecule has 6 heteroatoms. The summed E-state index contributed by atoms with van der Waals surface area (Å²) in [6.45, 7) is -0.409. The van der Waals surface area contributed by atoms with Crippen LogP contribution in [0.2, 0.25) is 0 Å². The first kappa shape index (κ1) is 14.1. The number of carbonyl (C=O) groups is 2. The third kappa shape index (κ3) is 3.54. The SMILES string of the molecule is COCc1ccccc1C(=O)N[C@H](CO)C(=O)O. The predicted octanol–water partition coefficient (Wildman–Crippen LogP) is 0.00830. The molecular formula is C12H15NO5. The first-order valence-corrected chi connectivity index (χ1v) is 5.31. The fourth-order valence-corrected chi connectivity index (χ4v) is 1.44. The number of nitrogens with one attached hydrogen (secondary N) is 1. The minimum absolute atomic E-state index is 0.250. The molecule has 1 amide bonds. The molecule has 0 aliphatic heterocycles. The van der Waals surface area contributed by atoms with E-state index in [4.69, 9.17) is 14.9 Å². The van der Waals surface area contributed by atoms with Gasteiger partial charge in [0.1, 0.15) is 0 Å². The van der Waals surface area contributed by atoms with Crippen LogP contribution in [0.5, 0.6) is 0 Å². The molecule has 1 aromatic rings. The van der Waals surface area contributed by atoms with Crippen molar-refractivity contribution >= 4 is 11.9 Å². The van der Waals surface area contributed by atoms with Crippen molar-refractivity contribution in [1.29, 1.82) is 0 Å². The van der Waals surface area contributed by atoms with Gasteiger partial charge >= 0.3 is 5.97 Å². The summed E-state index contributed by atoms with van der Waals surface area (Å²) >= 11 is 0. The van der Waals surface area contributed by atoms with Crippen molar-refractivity contribution in [2.45, 2.75) is 12.6 Å². The summed E-state index contributed by atoms with van der Waals surface area (Å²) in [4.78, 5) is 22.6. The van der Waals surface area contributed by atoms with Gasteiger partial charge in [0.25, 0.3) is 5.91 Å². The molecule has 0 bridgehead atoms. The Morgan fingerprint density at radius 3 is 2.61 bits per heavy atom. The second kappa shape index (κ2) is 6.73. The lowest BCUT2D eigenvalue weighted by Crippen LogP contribution is -2.43. The van der Waals surface area contributed by atoms with Crippen LogP contribution in [0, 0.1) is 0 Å². The van der Waals surface area contributed by atoms with Gasteiger partial charge in [-0.3, -0.25) is 4.79 Å². The lowest BCUT2D eigenvalue weighted by Gasteiger charge is -2.13. The number of aliphatic carboxylic acids is 1. The van der Waals surface area contributed by atoms with Crippen LogP contribution in [0.4, 0.5) is 0 Å². The molecule has 0 aliphatic carbocycles. The Bertz CT molecular complexity index is 432. The van der Waals surface area contributed by atoms with Crippen LogP contribution in [0.1, 0.15) is 15.9 Å². The molecular weight excluding hydrogens is 238 g/mol. The van der Waals surface area contributed by atoms with Gasteiger partial charge in [-0.05, 0) is 11.6 Å². The van der Waals surface area contributed by atoms with Crippen LogP contribution < -0.4 is 5.32 Å². The van der Waals surface area contributed by atoms with Gasteiger partial charge in [-0.15, -0.1) is 0 Å². The predicted molar refractivity (Wildman–Crippen MR) is 63.1 cm³/mol. The summed E-state index contributed by atoms with van der Waals surface area (Å²) < 4.78 is 4.95. The van der Waals surface area contributed by atoms with E-state index in [1.807, 2.05) is 0 Å². The standard InChI is InChI=1S/C12H15NO5/c1-18-7-8-4-2-3-5-9(8)11(15)13-10(6-14)12(16)17/h2-5,10,14H,6-7H2,1H3,(H,13,15)(H,16,17)/t10-/m1/s1. The van der Waals surface area contributed by atoms with Crippen LogP contribution in [0.3, 0.4) is 0 Å². The second-order valence-corrected chi connectivity index (χ2v) is 3.64. The highest BCUT2D eigenvalue weighted by Gasteiger charge is 2.20. The molecule has 0 unspecified atom stereocenters. The van der Waals surface area contributed by atoms with Crippen molar-refractivity contribution in [3.63, 3.8) is 0 Å². The molecule has 0 radical (unpaired) electrons. The van der Waals surface area contributed by atoms with Gasteiger partial charge in [0.05, 0.1) is 13.2 Å². The van der Waals surface area contributed by atoms with E-state index in [0.717, 1.165) is 0 Å². The molecule has 0 aromatic heterocycles. The number of hydrogen-bond donors (Lipinski definition) is 3. The van der Waals surface area contributed by atoms with E-state index in [-0.39, 0.29) is 6.61 Å². The number of carboxylic acid groups (broad SMARTS) is 1. The zero-order valence-electron chi connectivity index (χ0n) is 9.92. The van der Waals surface area contributed by atoms with Gasteiger partial charge < -0.3 is 20.3 Å². The van der Waals surface area contributed by atoms with Crippen molar-refractivity contribution in [3.8, 4) is 0 Å². The smallest absolute Gasteiger partial charge is 0.328 e. The van der Waals surface area contributed by atoms with Crippen molar-refractivity contribution in [1.82, 2.24) is 5.32 Å². The zero-order chi connectivity index (χ0) is 13.5. The first-order valence-electron chi connectivity index (χ1n) is 5.31. The molecule has 0 aliphatic rings. The average Bonchev–Trinajstić information content (AvgIpc) is 2.36. The Morgan fingerprint density at radius 2 is 2.06 bits per heavy atom. The third-order valence-electron chi connectivity index (χ3n) is 2.35. The highest BCUT2D eigenvalue weighted by atomic mass is 16.5. The van der Waals surface area contributed by atoms with Crippen LogP contribution in [0.25, 0.3) is 0 Å². The third-order valence-corrected chi connectivity index (χ3v) is 2.35. The molecule has 0 fully saturated rings. The normalized spacial score (nSPS) is 11.9. The van der Waals surface area contributed by atoms with Crippen molar-refractivity contribution in [2.75, 3.05) is 13.7 Å². The molecule has 6 nitrogen and oxygen atoms in total. The van der Waals surface area contributed by atoms with E-state index in [1.54, 1.807) is 24.3 Å². The Kier molecular flexibility index (Phi) is 5.29. The summed E-state index contributed by atoms with van der Waals surface area (Å²) in [5.41, 5.74) is 0.985. The van der Waals surface area contributed by atoms with Crippen LogP contribution in [-0.4, -0.2) is 41.8 Å². The number of rotatable bonds is 6. The molecule has 0 saturated heterocycles. The lowest BCUT2D eigenvalue weighted by molar-refractivity contribution is -0.140. The molecule has 0 heterocycles. The van der Waals surface area contributed by atoms with E-state index in [2.05, 4.69) is 5.32 Å². The highest BCUT2D eigenvalue weighted by Crippen LogP contribution is 2.10. The second-order valence-electron chi connectivity index (χ2n) is 3.64. The maximum atomic E-state index is 11.9. The number of benzene rings is 1. The quantitative estimate of drug-likeness (QED) is 0.663. The Morgan fingerprint density at radius 1 is 1.39 bits per heavy atom. The number of carboxylic acids is 1. The number of carbonyl (C=O) groups excluding carboxylic acids is 1. The summed E-state index contributed by atoms with van der Waals surface area (Å²) in [5.74, 6) is -1.83. The van der Waals surface area contributed by atoms with E-state index in [1.165, 1.54) is 7.11 Å². The molecule has 0 spiro atoms. The lowest BCUT2D eigenvalue weighted by atomic mass is 10.1.